The molecule has 0 amide bonds. The first-order valence-electron chi connectivity index (χ1n) is 7.68. The van der Waals surface area contributed by atoms with Crippen LogP contribution in [-0.2, 0) is 6.42 Å². The minimum atomic E-state index is -0.149. The van der Waals surface area contributed by atoms with Gasteiger partial charge in [0.15, 0.2) is 0 Å². The molecule has 0 aliphatic heterocycles. The third-order valence-electron chi connectivity index (χ3n) is 3.89. The summed E-state index contributed by atoms with van der Waals surface area (Å²) < 4.78 is 14.2. The second kappa shape index (κ2) is 7.37. The summed E-state index contributed by atoms with van der Waals surface area (Å²) in [4.78, 5) is 0. The number of hydrogen-bond donors (Lipinski definition) is 1. The number of unbranched alkanes of at least 4 members (excludes halogenated alkanes) is 1. The van der Waals surface area contributed by atoms with Crippen molar-refractivity contribution >= 4 is 0 Å². The first kappa shape index (κ1) is 15.7. The molecule has 2 aromatic carbocycles. The van der Waals surface area contributed by atoms with Gasteiger partial charge in [0.25, 0.3) is 0 Å². The highest BCUT2D eigenvalue weighted by atomic mass is 19.1. The number of halogens is 1. The van der Waals surface area contributed by atoms with Gasteiger partial charge in [-0.05, 0) is 49.6 Å². The Morgan fingerprint density at radius 2 is 1.81 bits per heavy atom. The van der Waals surface area contributed by atoms with Crippen LogP contribution in [-0.4, -0.2) is 7.05 Å². The molecule has 112 valence electrons. The van der Waals surface area contributed by atoms with Crippen molar-refractivity contribution in [2.24, 2.45) is 0 Å². The monoisotopic (exact) mass is 285 g/mol. The second-order valence-electron chi connectivity index (χ2n) is 5.59. The Labute approximate surface area is 127 Å². The van der Waals surface area contributed by atoms with Crippen molar-refractivity contribution in [3.63, 3.8) is 0 Å². The van der Waals surface area contributed by atoms with Crippen molar-refractivity contribution < 1.29 is 4.39 Å². The fourth-order valence-electron chi connectivity index (χ4n) is 2.63. The average molecular weight is 285 g/mol. The van der Waals surface area contributed by atoms with Crippen LogP contribution in [0.2, 0.25) is 0 Å². The number of aryl methyl sites for hydroxylation is 2. The second-order valence-corrected chi connectivity index (χ2v) is 5.59. The normalized spacial score (nSPS) is 12.4. The van der Waals surface area contributed by atoms with E-state index in [1.165, 1.54) is 18.4 Å². The molecule has 0 saturated carbocycles. The summed E-state index contributed by atoms with van der Waals surface area (Å²) in [5.41, 5.74) is 4.09. The van der Waals surface area contributed by atoms with E-state index in [0.29, 0.717) is 5.56 Å². The number of benzene rings is 2. The fourth-order valence-corrected chi connectivity index (χ4v) is 2.63. The zero-order chi connectivity index (χ0) is 15.2. The first-order valence-corrected chi connectivity index (χ1v) is 7.68. The van der Waals surface area contributed by atoms with Crippen molar-refractivity contribution in [3.05, 3.63) is 70.5 Å². The molecule has 1 atom stereocenters. The Bertz CT molecular complexity index is 575. The van der Waals surface area contributed by atoms with Crippen molar-refractivity contribution in [2.45, 2.75) is 39.2 Å². The maximum Gasteiger partial charge on any atom is 0.128 e. The summed E-state index contributed by atoms with van der Waals surface area (Å²) in [5.74, 6) is -0.149. The van der Waals surface area contributed by atoms with Crippen LogP contribution in [0.15, 0.2) is 42.5 Å². The SMILES string of the molecule is CCCCc1ccc(C(NC)c2ccc(C)cc2F)cc1. The zero-order valence-electron chi connectivity index (χ0n) is 13.1. The Morgan fingerprint density at radius 3 is 2.38 bits per heavy atom. The standard InChI is InChI=1S/C19H24FN/c1-4-5-6-15-8-10-16(11-9-15)19(21-3)17-12-7-14(2)13-18(17)20/h7-13,19,21H,4-6H2,1-3H3. The minimum absolute atomic E-state index is 0.106. The molecule has 2 aromatic rings. The Kier molecular flexibility index (Phi) is 5.51. The van der Waals surface area contributed by atoms with Gasteiger partial charge in [0.05, 0.1) is 6.04 Å². The zero-order valence-corrected chi connectivity index (χ0v) is 13.1. The van der Waals surface area contributed by atoms with E-state index in [-0.39, 0.29) is 11.9 Å². The average Bonchev–Trinajstić information content (AvgIpc) is 2.49. The van der Waals surface area contributed by atoms with E-state index < -0.39 is 0 Å². The highest BCUT2D eigenvalue weighted by Gasteiger charge is 2.16. The van der Waals surface area contributed by atoms with Crippen molar-refractivity contribution in [3.8, 4) is 0 Å². The molecule has 0 bridgehead atoms. The molecule has 0 aliphatic carbocycles. The van der Waals surface area contributed by atoms with Gasteiger partial charge < -0.3 is 5.32 Å². The summed E-state index contributed by atoms with van der Waals surface area (Å²) in [6.45, 7) is 4.11. The Balaban J connectivity index is 2.24. The van der Waals surface area contributed by atoms with Crippen LogP contribution >= 0.6 is 0 Å². The van der Waals surface area contributed by atoms with E-state index in [2.05, 4.69) is 36.5 Å². The van der Waals surface area contributed by atoms with Gasteiger partial charge in [-0.1, -0.05) is 49.7 Å². The van der Waals surface area contributed by atoms with Crippen molar-refractivity contribution in [1.82, 2.24) is 5.32 Å². The topological polar surface area (TPSA) is 12.0 Å². The van der Waals surface area contributed by atoms with Crippen molar-refractivity contribution in [1.29, 1.82) is 0 Å². The van der Waals surface area contributed by atoms with Gasteiger partial charge in [-0.25, -0.2) is 4.39 Å². The van der Waals surface area contributed by atoms with Crippen LogP contribution in [0.25, 0.3) is 0 Å². The fraction of sp³-hybridized carbons (Fsp3) is 0.368. The van der Waals surface area contributed by atoms with Crippen LogP contribution in [0.4, 0.5) is 4.39 Å². The van der Waals surface area contributed by atoms with Crippen LogP contribution in [0.5, 0.6) is 0 Å². The minimum Gasteiger partial charge on any atom is -0.309 e. The molecule has 0 heterocycles. The van der Waals surface area contributed by atoms with Crippen LogP contribution < -0.4 is 5.32 Å². The molecule has 0 radical (unpaired) electrons. The van der Waals surface area contributed by atoms with Crippen LogP contribution in [0.3, 0.4) is 0 Å². The van der Waals surface area contributed by atoms with E-state index in [9.17, 15) is 4.39 Å². The third-order valence-corrected chi connectivity index (χ3v) is 3.89. The molecule has 1 unspecified atom stereocenters. The molecule has 0 aliphatic rings. The lowest BCUT2D eigenvalue weighted by molar-refractivity contribution is 0.575. The van der Waals surface area contributed by atoms with E-state index in [4.69, 9.17) is 0 Å². The first-order chi connectivity index (χ1) is 10.2. The molecule has 2 heteroatoms. The molecular weight excluding hydrogens is 261 g/mol. The van der Waals surface area contributed by atoms with E-state index in [1.807, 2.05) is 26.1 Å². The van der Waals surface area contributed by atoms with Gasteiger partial charge in [-0.15, -0.1) is 0 Å². The molecule has 1 nitrogen and oxygen atoms in total. The van der Waals surface area contributed by atoms with Gasteiger partial charge in [0.2, 0.25) is 0 Å². The number of nitrogens with one attached hydrogen (secondary N) is 1. The Morgan fingerprint density at radius 1 is 1.10 bits per heavy atom. The molecular formula is C19H24FN. The smallest absolute Gasteiger partial charge is 0.128 e. The molecule has 0 aromatic heterocycles. The van der Waals surface area contributed by atoms with Crippen LogP contribution in [0, 0.1) is 12.7 Å². The van der Waals surface area contributed by atoms with Gasteiger partial charge in [0.1, 0.15) is 5.82 Å². The van der Waals surface area contributed by atoms with Gasteiger partial charge in [-0.2, -0.15) is 0 Å². The molecule has 0 saturated heterocycles. The quantitative estimate of drug-likeness (QED) is 0.805. The maximum absolute atomic E-state index is 14.2. The lowest BCUT2D eigenvalue weighted by atomic mass is 9.96. The highest BCUT2D eigenvalue weighted by molar-refractivity contribution is 5.35. The number of rotatable bonds is 6. The van der Waals surface area contributed by atoms with Gasteiger partial charge >= 0.3 is 0 Å². The van der Waals surface area contributed by atoms with Gasteiger partial charge in [-0.3, -0.25) is 0 Å². The molecule has 21 heavy (non-hydrogen) atoms. The highest BCUT2D eigenvalue weighted by Crippen LogP contribution is 2.25. The predicted octanol–water partition coefficient (Wildman–Crippen LogP) is 4.79. The van der Waals surface area contributed by atoms with E-state index in [1.54, 1.807) is 6.07 Å². The Hall–Kier alpha value is -1.67. The molecule has 1 N–H and O–H groups in total. The summed E-state index contributed by atoms with van der Waals surface area (Å²) in [5, 5.41) is 3.22. The summed E-state index contributed by atoms with van der Waals surface area (Å²) >= 11 is 0. The summed E-state index contributed by atoms with van der Waals surface area (Å²) in [7, 11) is 1.87. The number of hydrogen-bond acceptors (Lipinski definition) is 1. The summed E-state index contributed by atoms with van der Waals surface area (Å²) in [6, 6.07) is 13.8. The molecule has 0 spiro atoms. The largest absolute Gasteiger partial charge is 0.309 e. The lowest BCUT2D eigenvalue weighted by Crippen LogP contribution is -2.19. The lowest BCUT2D eigenvalue weighted by Gasteiger charge is -2.18. The van der Waals surface area contributed by atoms with Crippen molar-refractivity contribution in [2.75, 3.05) is 7.05 Å². The third kappa shape index (κ3) is 3.92. The van der Waals surface area contributed by atoms with E-state index >= 15 is 0 Å². The predicted molar refractivity (Wildman–Crippen MR) is 87.1 cm³/mol. The molecule has 0 fully saturated rings. The summed E-state index contributed by atoms with van der Waals surface area (Å²) in [6.07, 6.45) is 3.52. The van der Waals surface area contributed by atoms with Crippen LogP contribution in [0.1, 0.15) is 48.1 Å². The van der Waals surface area contributed by atoms with Gasteiger partial charge in [0, 0.05) is 5.56 Å². The van der Waals surface area contributed by atoms with E-state index in [0.717, 1.165) is 17.5 Å². The maximum atomic E-state index is 14.2. The molecule has 2 rings (SSSR count).